The number of aryl methyl sites for hydroxylation is 2. The Kier molecular flexibility index (Phi) is 6.75. The number of hydrogen-bond donors (Lipinski definition) is 1. The fourth-order valence-corrected chi connectivity index (χ4v) is 5.64. The first-order chi connectivity index (χ1) is 14.7. The highest BCUT2D eigenvalue weighted by molar-refractivity contribution is 7.89. The number of nitrogens with zero attached hydrogens (tertiary/aromatic N) is 4. The smallest absolute Gasteiger partial charge is 0.321 e. The molecule has 1 saturated heterocycles. The molecule has 3 rings (SSSR count). The number of benzene rings is 1. The van der Waals surface area contributed by atoms with Gasteiger partial charge in [-0.25, -0.2) is 13.2 Å². The second-order valence-electron chi connectivity index (χ2n) is 7.34. The fourth-order valence-electron chi connectivity index (χ4n) is 3.77. The molecule has 0 radical (unpaired) electrons. The molecule has 10 nitrogen and oxygen atoms in total. The Morgan fingerprint density at radius 3 is 2.45 bits per heavy atom. The third-order valence-electron chi connectivity index (χ3n) is 5.43. The summed E-state index contributed by atoms with van der Waals surface area (Å²) in [5.74, 6) is 0.940. The Balaban J connectivity index is 1.74. The van der Waals surface area contributed by atoms with Crippen LogP contribution in [0.2, 0.25) is 0 Å². The molecule has 1 fully saturated rings. The number of carbonyl (C=O) groups excluding carboxylic acids is 1. The molecule has 2 amide bonds. The number of ether oxygens (including phenoxy) is 2. The molecule has 1 N–H and O–H groups in total. The van der Waals surface area contributed by atoms with E-state index in [2.05, 4.69) is 10.4 Å². The molecule has 2 aromatic rings. The van der Waals surface area contributed by atoms with Crippen LogP contribution in [-0.2, 0) is 17.1 Å². The van der Waals surface area contributed by atoms with Crippen molar-refractivity contribution in [3.8, 4) is 11.5 Å². The van der Waals surface area contributed by atoms with Gasteiger partial charge in [-0.3, -0.25) is 4.68 Å². The van der Waals surface area contributed by atoms with Crippen LogP contribution in [0.15, 0.2) is 23.1 Å². The molecule has 0 spiro atoms. The highest BCUT2D eigenvalue weighted by Gasteiger charge is 2.32. The molecule has 0 atom stereocenters. The molecule has 1 aliphatic rings. The van der Waals surface area contributed by atoms with Crippen LogP contribution >= 0.6 is 0 Å². The molecule has 1 aliphatic heterocycles. The van der Waals surface area contributed by atoms with Gasteiger partial charge in [0.1, 0.15) is 4.90 Å². The average molecular weight is 452 g/mol. The lowest BCUT2D eigenvalue weighted by atomic mass is 10.2. The SMILES string of the molecule is COc1cccc(NC(=O)N2CCCN(S(=O)(=O)c3c(C)nn(C)c3C)CC2)c1OC. The van der Waals surface area contributed by atoms with Crippen molar-refractivity contribution in [2.75, 3.05) is 45.7 Å². The van der Waals surface area contributed by atoms with Gasteiger partial charge in [0.25, 0.3) is 0 Å². The lowest BCUT2D eigenvalue weighted by Crippen LogP contribution is -2.39. The summed E-state index contributed by atoms with van der Waals surface area (Å²) in [6, 6.07) is 4.90. The first-order valence-electron chi connectivity index (χ1n) is 9.98. The monoisotopic (exact) mass is 451 g/mol. The van der Waals surface area contributed by atoms with Crippen LogP contribution in [0, 0.1) is 13.8 Å². The predicted molar refractivity (Wildman–Crippen MR) is 116 cm³/mol. The number of aromatic nitrogens is 2. The van der Waals surface area contributed by atoms with Gasteiger partial charge in [0.2, 0.25) is 10.0 Å². The van der Waals surface area contributed by atoms with Gasteiger partial charge >= 0.3 is 6.03 Å². The number of nitrogens with one attached hydrogen (secondary N) is 1. The van der Waals surface area contributed by atoms with Crippen LogP contribution in [0.25, 0.3) is 0 Å². The number of methoxy groups -OCH3 is 2. The van der Waals surface area contributed by atoms with Crippen LogP contribution in [0.4, 0.5) is 10.5 Å². The van der Waals surface area contributed by atoms with E-state index in [1.807, 2.05) is 0 Å². The summed E-state index contributed by atoms with van der Waals surface area (Å²) < 4.78 is 40.1. The topological polar surface area (TPSA) is 106 Å². The Hall–Kier alpha value is -2.79. The summed E-state index contributed by atoms with van der Waals surface area (Å²) in [4.78, 5) is 14.7. The summed E-state index contributed by atoms with van der Waals surface area (Å²) >= 11 is 0. The molecule has 0 bridgehead atoms. The van der Waals surface area contributed by atoms with E-state index in [9.17, 15) is 13.2 Å². The number of urea groups is 1. The van der Waals surface area contributed by atoms with Crippen LogP contribution in [0.3, 0.4) is 0 Å². The van der Waals surface area contributed by atoms with Crippen molar-refractivity contribution in [1.29, 1.82) is 0 Å². The highest BCUT2D eigenvalue weighted by Crippen LogP contribution is 2.35. The van der Waals surface area contributed by atoms with Crippen LogP contribution in [0.5, 0.6) is 11.5 Å². The van der Waals surface area contributed by atoms with Crippen LogP contribution in [-0.4, -0.2) is 73.8 Å². The highest BCUT2D eigenvalue weighted by atomic mass is 32.2. The van der Waals surface area contributed by atoms with Gasteiger partial charge in [0.05, 0.1) is 31.3 Å². The first-order valence-corrected chi connectivity index (χ1v) is 11.4. The number of hydrogen-bond acceptors (Lipinski definition) is 6. The average Bonchev–Trinajstić information content (AvgIpc) is 2.91. The number of rotatable bonds is 5. The summed E-state index contributed by atoms with van der Waals surface area (Å²) in [5, 5.41) is 7.07. The lowest BCUT2D eigenvalue weighted by molar-refractivity contribution is 0.214. The van der Waals surface area contributed by atoms with Crippen molar-refractivity contribution < 1.29 is 22.7 Å². The van der Waals surface area contributed by atoms with E-state index in [4.69, 9.17) is 9.47 Å². The zero-order chi connectivity index (χ0) is 22.8. The number of amides is 2. The van der Waals surface area contributed by atoms with Crippen molar-refractivity contribution in [3.05, 3.63) is 29.6 Å². The molecule has 0 aliphatic carbocycles. The zero-order valence-electron chi connectivity index (χ0n) is 18.5. The third-order valence-corrected chi connectivity index (χ3v) is 7.58. The Morgan fingerprint density at radius 1 is 1.10 bits per heavy atom. The molecule has 0 saturated carbocycles. The minimum absolute atomic E-state index is 0.207. The van der Waals surface area contributed by atoms with Gasteiger partial charge in [-0.15, -0.1) is 0 Å². The minimum atomic E-state index is -3.70. The standard InChI is InChI=1S/C20H29N5O5S/c1-14-19(15(2)23(3)22-14)31(27,28)25-11-7-10-24(12-13-25)20(26)21-16-8-6-9-17(29-4)18(16)30-5/h6,8-9H,7,10-13H2,1-5H3,(H,21,26). The van der Waals surface area contributed by atoms with E-state index in [-0.39, 0.29) is 24.0 Å². The molecule has 1 aromatic heterocycles. The second kappa shape index (κ2) is 9.15. The van der Waals surface area contributed by atoms with E-state index in [0.29, 0.717) is 48.1 Å². The number of carbonyl (C=O) groups is 1. The van der Waals surface area contributed by atoms with Crippen molar-refractivity contribution in [3.63, 3.8) is 0 Å². The van der Waals surface area contributed by atoms with Gasteiger partial charge in [0.15, 0.2) is 11.5 Å². The molecule has 170 valence electrons. The molecule has 31 heavy (non-hydrogen) atoms. The van der Waals surface area contributed by atoms with E-state index in [1.54, 1.807) is 48.7 Å². The Morgan fingerprint density at radius 2 is 1.84 bits per heavy atom. The minimum Gasteiger partial charge on any atom is -0.493 e. The quantitative estimate of drug-likeness (QED) is 0.745. The van der Waals surface area contributed by atoms with Gasteiger partial charge in [-0.1, -0.05) is 6.07 Å². The second-order valence-corrected chi connectivity index (χ2v) is 9.21. The van der Waals surface area contributed by atoms with Crippen molar-refractivity contribution in [2.24, 2.45) is 7.05 Å². The Bertz CT molecular complexity index is 1070. The van der Waals surface area contributed by atoms with Gasteiger partial charge < -0.3 is 19.7 Å². The van der Waals surface area contributed by atoms with E-state index < -0.39 is 10.0 Å². The maximum atomic E-state index is 13.2. The Labute approximate surface area is 182 Å². The third kappa shape index (κ3) is 4.47. The zero-order valence-corrected chi connectivity index (χ0v) is 19.3. The normalized spacial score (nSPS) is 15.5. The molecule has 0 unspecified atom stereocenters. The summed E-state index contributed by atoms with van der Waals surface area (Å²) in [7, 11) is 1.06. The summed E-state index contributed by atoms with van der Waals surface area (Å²) in [6.07, 6.45) is 0.528. The first kappa shape index (κ1) is 22.9. The summed E-state index contributed by atoms with van der Waals surface area (Å²) in [6.45, 7) is 4.69. The number of sulfonamides is 1. The summed E-state index contributed by atoms with van der Waals surface area (Å²) in [5.41, 5.74) is 1.56. The molecular weight excluding hydrogens is 422 g/mol. The van der Waals surface area contributed by atoms with Crippen molar-refractivity contribution in [2.45, 2.75) is 25.2 Å². The number of para-hydroxylation sites is 1. The lowest BCUT2D eigenvalue weighted by Gasteiger charge is -2.23. The maximum Gasteiger partial charge on any atom is 0.321 e. The van der Waals surface area contributed by atoms with E-state index in [0.717, 1.165) is 0 Å². The maximum absolute atomic E-state index is 13.2. The van der Waals surface area contributed by atoms with Gasteiger partial charge in [-0.05, 0) is 32.4 Å². The molecule has 2 heterocycles. The van der Waals surface area contributed by atoms with Crippen LogP contribution in [0.1, 0.15) is 17.8 Å². The van der Waals surface area contributed by atoms with Crippen molar-refractivity contribution in [1.82, 2.24) is 19.0 Å². The van der Waals surface area contributed by atoms with E-state index in [1.165, 1.54) is 18.5 Å². The van der Waals surface area contributed by atoms with Gasteiger partial charge in [0, 0.05) is 33.2 Å². The fraction of sp³-hybridized carbons (Fsp3) is 0.500. The van der Waals surface area contributed by atoms with Crippen LogP contribution < -0.4 is 14.8 Å². The predicted octanol–water partition coefficient (Wildman–Crippen LogP) is 1.98. The molecular formula is C20H29N5O5S. The largest absolute Gasteiger partial charge is 0.493 e. The van der Waals surface area contributed by atoms with Crippen molar-refractivity contribution >= 4 is 21.7 Å². The molecule has 11 heteroatoms. The van der Waals surface area contributed by atoms with E-state index >= 15 is 0 Å². The number of anilines is 1. The van der Waals surface area contributed by atoms with Gasteiger partial charge in [-0.2, -0.15) is 9.40 Å². The molecule has 1 aromatic carbocycles.